The Bertz CT molecular complexity index is 616. The molecule has 0 aliphatic carbocycles. The van der Waals surface area contributed by atoms with E-state index in [-0.39, 0.29) is 13.2 Å². The second-order valence-corrected chi connectivity index (χ2v) is 6.09. The van der Waals surface area contributed by atoms with Crippen LogP contribution in [0.15, 0.2) is 48.5 Å². The normalized spacial score (nSPS) is 12.0. The van der Waals surface area contributed by atoms with Crippen molar-refractivity contribution in [3.63, 3.8) is 0 Å². The smallest absolute Gasteiger partial charge is 0.161 e. The number of rotatable bonds is 11. The summed E-state index contributed by atoms with van der Waals surface area (Å²) in [6, 6.07) is 17.0. The molecule has 2 N–H and O–H groups in total. The Balaban J connectivity index is 1.85. The van der Waals surface area contributed by atoms with E-state index < -0.39 is 0 Å². The van der Waals surface area contributed by atoms with Gasteiger partial charge >= 0.3 is 0 Å². The van der Waals surface area contributed by atoms with Gasteiger partial charge < -0.3 is 19.9 Å². The quantitative estimate of drug-likeness (QED) is 0.655. The average Bonchev–Trinajstić information content (AvgIpc) is 2.65. The highest BCUT2D eigenvalue weighted by atomic mass is 16.5. The van der Waals surface area contributed by atoms with E-state index in [9.17, 15) is 0 Å². The number of ether oxygens (including phenoxy) is 2. The van der Waals surface area contributed by atoms with Crippen LogP contribution in [0.2, 0.25) is 0 Å². The highest BCUT2D eigenvalue weighted by Crippen LogP contribution is 2.28. The lowest BCUT2D eigenvalue weighted by atomic mass is 10.1. The first-order chi connectivity index (χ1) is 12.2. The maximum Gasteiger partial charge on any atom is 0.161 e. The van der Waals surface area contributed by atoms with Crippen molar-refractivity contribution >= 4 is 0 Å². The molecule has 136 valence electrons. The summed E-state index contributed by atoms with van der Waals surface area (Å²) in [5.74, 6) is 1.41. The maximum absolute atomic E-state index is 8.91. The highest BCUT2D eigenvalue weighted by molar-refractivity contribution is 5.43. The van der Waals surface area contributed by atoms with E-state index in [1.807, 2.05) is 25.1 Å². The van der Waals surface area contributed by atoms with Crippen molar-refractivity contribution in [1.29, 1.82) is 0 Å². The molecule has 2 rings (SSSR count). The third-order valence-corrected chi connectivity index (χ3v) is 4.02. The largest absolute Gasteiger partial charge is 0.490 e. The lowest BCUT2D eigenvalue weighted by Crippen LogP contribution is -2.26. The Kier molecular flexibility index (Phi) is 8.29. The van der Waals surface area contributed by atoms with E-state index in [4.69, 9.17) is 14.6 Å². The summed E-state index contributed by atoms with van der Waals surface area (Å²) in [6.07, 6.45) is 2.17. The van der Waals surface area contributed by atoms with Crippen LogP contribution in [0.1, 0.15) is 31.4 Å². The molecule has 2 aromatic carbocycles. The van der Waals surface area contributed by atoms with Crippen molar-refractivity contribution in [3.8, 4) is 11.5 Å². The Hall–Kier alpha value is -2.04. The van der Waals surface area contributed by atoms with Crippen molar-refractivity contribution in [2.45, 2.75) is 39.3 Å². The van der Waals surface area contributed by atoms with E-state index in [0.29, 0.717) is 18.4 Å². The molecule has 0 aliphatic rings. The molecule has 0 saturated heterocycles. The molecule has 0 radical (unpaired) electrons. The van der Waals surface area contributed by atoms with Gasteiger partial charge in [0.1, 0.15) is 6.61 Å². The summed E-state index contributed by atoms with van der Waals surface area (Å²) in [4.78, 5) is 0. The molecule has 0 spiro atoms. The zero-order valence-electron chi connectivity index (χ0n) is 15.2. The Morgan fingerprint density at radius 1 is 1.00 bits per heavy atom. The lowest BCUT2D eigenvalue weighted by molar-refractivity contribution is 0.194. The second kappa shape index (κ2) is 10.7. The van der Waals surface area contributed by atoms with Gasteiger partial charge in [0.05, 0.1) is 13.2 Å². The molecule has 0 heterocycles. The topological polar surface area (TPSA) is 50.7 Å². The van der Waals surface area contributed by atoms with Crippen molar-refractivity contribution in [2.75, 3.05) is 19.8 Å². The van der Waals surface area contributed by atoms with Gasteiger partial charge in [-0.05, 0) is 49.9 Å². The van der Waals surface area contributed by atoms with Gasteiger partial charge in [-0.1, -0.05) is 36.4 Å². The first kappa shape index (κ1) is 19.3. The number of hydrogen-bond donors (Lipinski definition) is 2. The van der Waals surface area contributed by atoms with Gasteiger partial charge in [0, 0.05) is 12.6 Å². The van der Waals surface area contributed by atoms with Gasteiger partial charge in [-0.25, -0.2) is 0 Å². The predicted octanol–water partition coefficient (Wildman–Crippen LogP) is 3.57. The number of aliphatic hydroxyl groups is 1. The van der Waals surface area contributed by atoms with E-state index in [0.717, 1.165) is 30.7 Å². The van der Waals surface area contributed by atoms with Crippen LogP contribution < -0.4 is 14.8 Å². The number of aliphatic hydroxyl groups excluding tert-OH is 1. The standard InChI is InChI=1S/C21H29NO3/c1-3-24-21-15-19(11-12-20(21)25-14-13-23)16-22-17(2)9-10-18-7-5-4-6-8-18/h4-8,11-12,15,17,22-23H,3,9-10,13-14,16H2,1-2H3. The number of hydrogen-bond acceptors (Lipinski definition) is 4. The van der Waals surface area contributed by atoms with Crippen LogP contribution in [0, 0.1) is 0 Å². The van der Waals surface area contributed by atoms with Crippen LogP contribution in [0.5, 0.6) is 11.5 Å². The van der Waals surface area contributed by atoms with Crippen LogP contribution in [-0.2, 0) is 13.0 Å². The van der Waals surface area contributed by atoms with Crippen LogP contribution >= 0.6 is 0 Å². The van der Waals surface area contributed by atoms with Crippen molar-refractivity contribution < 1.29 is 14.6 Å². The fourth-order valence-corrected chi connectivity index (χ4v) is 2.63. The fraction of sp³-hybridized carbons (Fsp3) is 0.429. The zero-order valence-corrected chi connectivity index (χ0v) is 15.2. The Morgan fingerprint density at radius 2 is 1.80 bits per heavy atom. The van der Waals surface area contributed by atoms with Crippen LogP contribution in [0.25, 0.3) is 0 Å². The minimum Gasteiger partial charge on any atom is -0.490 e. The Morgan fingerprint density at radius 3 is 2.52 bits per heavy atom. The van der Waals surface area contributed by atoms with Crippen LogP contribution in [0.3, 0.4) is 0 Å². The van der Waals surface area contributed by atoms with Gasteiger partial charge in [0.2, 0.25) is 0 Å². The Labute approximate surface area is 150 Å². The van der Waals surface area contributed by atoms with Crippen molar-refractivity contribution in [3.05, 3.63) is 59.7 Å². The van der Waals surface area contributed by atoms with Gasteiger partial charge in [0.15, 0.2) is 11.5 Å². The monoisotopic (exact) mass is 343 g/mol. The molecule has 2 aromatic rings. The molecule has 25 heavy (non-hydrogen) atoms. The van der Waals surface area contributed by atoms with Gasteiger partial charge in [0.25, 0.3) is 0 Å². The summed E-state index contributed by atoms with van der Waals surface area (Å²) in [5, 5.41) is 12.5. The molecule has 0 aliphatic heterocycles. The predicted molar refractivity (Wildman–Crippen MR) is 101 cm³/mol. The second-order valence-electron chi connectivity index (χ2n) is 6.09. The summed E-state index contributed by atoms with van der Waals surface area (Å²) < 4.78 is 11.2. The van der Waals surface area contributed by atoms with Crippen molar-refractivity contribution in [1.82, 2.24) is 5.32 Å². The minimum atomic E-state index is -0.00615. The molecule has 0 aromatic heterocycles. The molecule has 0 bridgehead atoms. The lowest BCUT2D eigenvalue weighted by Gasteiger charge is -2.16. The minimum absolute atomic E-state index is 0.00615. The summed E-state index contributed by atoms with van der Waals surface area (Å²) in [5.41, 5.74) is 2.53. The van der Waals surface area contributed by atoms with Crippen LogP contribution in [0.4, 0.5) is 0 Å². The third kappa shape index (κ3) is 6.77. The van der Waals surface area contributed by atoms with Gasteiger partial charge in [-0.15, -0.1) is 0 Å². The maximum atomic E-state index is 8.91. The van der Waals surface area contributed by atoms with Gasteiger partial charge in [-0.2, -0.15) is 0 Å². The summed E-state index contributed by atoms with van der Waals surface area (Å²) >= 11 is 0. The molecule has 0 amide bonds. The summed E-state index contributed by atoms with van der Waals surface area (Å²) in [6.45, 7) is 5.80. The zero-order chi connectivity index (χ0) is 17.9. The molecule has 0 fully saturated rings. The van der Waals surface area contributed by atoms with Crippen molar-refractivity contribution in [2.24, 2.45) is 0 Å². The molecular weight excluding hydrogens is 314 g/mol. The molecule has 0 saturated carbocycles. The number of nitrogens with one attached hydrogen (secondary N) is 1. The SMILES string of the molecule is CCOc1cc(CNC(C)CCc2ccccc2)ccc1OCCO. The van der Waals surface area contributed by atoms with E-state index >= 15 is 0 Å². The number of benzene rings is 2. The van der Waals surface area contributed by atoms with E-state index in [2.05, 4.69) is 42.6 Å². The van der Waals surface area contributed by atoms with Crippen LogP contribution in [-0.4, -0.2) is 31.0 Å². The third-order valence-electron chi connectivity index (χ3n) is 4.02. The highest BCUT2D eigenvalue weighted by Gasteiger charge is 2.08. The fourth-order valence-electron chi connectivity index (χ4n) is 2.63. The molecule has 1 atom stereocenters. The molecular formula is C21H29NO3. The molecule has 4 nitrogen and oxygen atoms in total. The molecule has 1 unspecified atom stereocenters. The number of aryl methyl sites for hydroxylation is 1. The first-order valence-corrected chi connectivity index (χ1v) is 8.99. The van der Waals surface area contributed by atoms with E-state index in [1.54, 1.807) is 0 Å². The summed E-state index contributed by atoms with van der Waals surface area (Å²) in [7, 11) is 0. The van der Waals surface area contributed by atoms with E-state index in [1.165, 1.54) is 5.56 Å². The average molecular weight is 343 g/mol. The first-order valence-electron chi connectivity index (χ1n) is 8.99. The molecule has 4 heteroatoms. The van der Waals surface area contributed by atoms with Gasteiger partial charge in [-0.3, -0.25) is 0 Å².